The molecule has 5 heteroatoms. The van der Waals surface area contributed by atoms with Crippen molar-refractivity contribution in [3.05, 3.63) is 36.1 Å². The third-order valence-corrected chi connectivity index (χ3v) is 2.23. The van der Waals surface area contributed by atoms with Crippen molar-refractivity contribution in [1.82, 2.24) is 0 Å². The first-order valence-electron chi connectivity index (χ1n) is 4.98. The Kier molecular flexibility index (Phi) is 5.74. The molecule has 94 valence electrons. The highest BCUT2D eigenvalue weighted by Crippen LogP contribution is 2.31. The van der Waals surface area contributed by atoms with Crippen molar-refractivity contribution in [3.63, 3.8) is 0 Å². The van der Waals surface area contributed by atoms with Crippen LogP contribution in [0.15, 0.2) is 36.1 Å². The van der Waals surface area contributed by atoms with Crippen LogP contribution in [0.3, 0.4) is 0 Å². The third-order valence-electron chi connectivity index (χ3n) is 2.23. The number of carboxylic acid groups (broad SMARTS) is 2. The van der Waals surface area contributed by atoms with Gasteiger partial charge in [-0.25, -0.2) is 4.79 Å². The number of hydrogen-bond acceptors (Lipinski definition) is 3. The molecule has 0 bridgehead atoms. The Morgan fingerprint density at radius 3 is 2.29 bits per heavy atom. The Morgan fingerprint density at radius 2 is 1.94 bits per heavy atom. The predicted molar refractivity (Wildman–Crippen MR) is 62.7 cm³/mol. The lowest BCUT2D eigenvalue weighted by Crippen LogP contribution is -2.28. The highest BCUT2D eigenvalue weighted by molar-refractivity contribution is 5.90. The standard InChI is InChI=1S/C9H10O4.C3H6O/c1-9(8(12)13)4-2-3-6(5-9)7(10)11;1-2-3-4/h2-4H,5H2,1H3,(H,10,11)(H,12,13);2-4H,1H3. The molecule has 1 rings (SSSR count). The van der Waals surface area contributed by atoms with Gasteiger partial charge in [0.25, 0.3) is 0 Å². The number of carboxylic acids is 2. The van der Waals surface area contributed by atoms with Gasteiger partial charge in [0.1, 0.15) is 0 Å². The minimum atomic E-state index is -1.08. The Morgan fingerprint density at radius 1 is 1.41 bits per heavy atom. The van der Waals surface area contributed by atoms with Gasteiger partial charge in [-0.15, -0.1) is 0 Å². The lowest BCUT2D eigenvalue weighted by atomic mass is 9.80. The molecule has 0 fully saturated rings. The van der Waals surface area contributed by atoms with Gasteiger partial charge in [-0.2, -0.15) is 0 Å². The van der Waals surface area contributed by atoms with Gasteiger partial charge >= 0.3 is 11.9 Å². The van der Waals surface area contributed by atoms with Crippen molar-refractivity contribution in [2.75, 3.05) is 0 Å². The molecule has 1 atom stereocenters. The highest BCUT2D eigenvalue weighted by atomic mass is 16.4. The summed E-state index contributed by atoms with van der Waals surface area (Å²) in [5.41, 5.74) is -0.949. The van der Waals surface area contributed by atoms with E-state index in [1.54, 1.807) is 13.0 Å². The summed E-state index contributed by atoms with van der Waals surface area (Å²) >= 11 is 0. The van der Waals surface area contributed by atoms with Crippen LogP contribution in [0.2, 0.25) is 0 Å². The van der Waals surface area contributed by atoms with E-state index < -0.39 is 17.4 Å². The van der Waals surface area contributed by atoms with Crippen LogP contribution in [0.25, 0.3) is 0 Å². The maximum atomic E-state index is 10.8. The van der Waals surface area contributed by atoms with Crippen molar-refractivity contribution < 1.29 is 24.9 Å². The van der Waals surface area contributed by atoms with Crippen molar-refractivity contribution >= 4 is 11.9 Å². The molecule has 0 saturated heterocycles. The second-order valence-electron chi connectivity index (χ2n) is 3.74. The van der Waals surface area contributed by atoms with E-state index in [4.69, 9.17) is 15.3 Å². The molecule has 0 saturated carbocycles. The molecule has 0 radical (unpaired) electrons. The van der Waals surface area contributed by atoms with Gasteiger partial charge in [0.05, 0.1) is 11.7 Å². The molecule has 0 aromatic rings. The van der Waals surface area contributed by atoms with E-state index in [-0.39, 0.29) is 12.0 Å². The zero-order valence-corrected chi connectivity index (χ0v) is 9.75. The second-order valence-corrected chi connectivity index (χ2v) is 3.74. The third kappa shape index (κ3) is 4.55. The van der Waals surface area contributed by atoms with Crippen LogP contribution in [0, 0.1) is 5.41 Å². The molecular formula is C12H16O5. The molecule has 1 aliphatic rings. The lowest BCUT2D eigenvalue weighted by Gasteiger charge is -2.23. The number of hydrogen-bond donors (Lipinski definition) is 3. The summed E-state index contributed by atoms with van der Waals surface area (Å²) in [7, 11) is 0. The van der Waals surface area contributed by atoms with Crippen LogP contribution in [0.4, 0.5) is 0 Å². The first kappa shape index (κ1) is 15.0. The average molecular weight is 240 g/mol. The van der Waals surface area contributed by atoms with E-state index in [1.807, 2.05) is 0 Å². The van der Waals surface area contributed by atoms with Gasteiger partial charge in [-0.1, -0.05) is 24.3 Å². The molecule has 3 N–H and O–H groups in total. The van der Waals surface area contributed by atoms with Crippen molar-refractivity contribution in [2.24, 2.45) is 5.41 Å². The predicted octanol–water partition coefficient (Wildman–Crippen LogP) is 2.13. The van der Waals surface area contributed by atoms with Gasteiger partial charge in [-0.3, -0.25) is 4.79 Å². The van der Waals surface area contributed by atoms with Gasteiger partial charge < -0.3 is 15.3 Å². The number of carbonyl (C=O) groups is 2. The molecule has 5 nitrogen and oxygen atoms in total. The number of allylic oxidation sites excluding steroid dienone is 3. The Bertz CT molecular complexity index is 374. The fraction of sp³-hybridized carbons (Fsp3) is 0.333. The molecular weight excluding hydrogens is 224 g/mol. The van der Waals surface area contributed by atoms with Crippen LogP contribution in [-0.2, 0) is 9.59 Å². The van der Waals surface area contributed by atoms with E-state index >= 15 is 0 Å². The molecule has 0 heterocycles. The SMILES string of the molecule is CC1(C(=O)O)C=CC=C(C(=O)O)C1.CC=CO. The normalized spacial score (nSPS) is 22.6. The van der Waals surface area contributed by atoms with Crippen molar-refractivity contribution in [1.29, 1.82) is 0 Å². The summed E-state index contributed by atoms with van der Waals surface area (Å²) in [6.45, 7) is 3.25. The first-order valence-corrected chi connectivity index (χ1v) is 4.98. The number of aliphatic hydroxyl groups excluding tert-OH is 1. The van der Waals surface area contributed by atoms with Crippen LogP contribution in [-0.4, -0.2) is 27.3 Å². The summed E-state index contributed by atoms with van der Waals surface area (Å²) in [5, 5.41) is 25.2. The van der Waals surface area contributed by atoms with Gasteiger partial charge in [0.15, 0.2) is 0 Å². The van der Waals surface area contributed by atoms with Crippen molar-refractivity contribution in [2.45, 2.75) is 20.3 Å². The molecule has 1 unspecified atom stereocenters. The minimum absolute atomic E-state index is 0.0359. The topological polar surface area (TPSA) is 94.8 Å². The quantitative estimate of drug-likeness (QED) is 0.642. The molecule has 0 aromatic heterocycles. The van der Waals surface area contributed by atoms with Crippen LogP contribution >= 0.6 is 0 Å². The zero-order chi connectivity index (χ0) is 13.5. The highest BCUT2D eigenvalue weighted by Gasteiger charge is 2.34. The maximum Gasteiger partial charge on any atom is 0.331 e. The zero-order valence-electron chi connectivity index (χ0n) is 9.75. The fourth-order valence-electron chi connectivity index (χ4n) is 1.18. The average Bonchev–Trinajstić information content (AvgIpc) is 2.29. The summed E-state index contributed by atoms with van der Waals surface area (Å²) in [4.78, 5) is 21.3. The smallest absolute Gasteiger partial charge is 0.331 e. The lowest BCUT2D eigenvalue weighted by molar-refractivity contribution is -0.145. The summed E-state index contributed by atoms with van der Waals surface area (Å²) in [6, 6.07) is 0. The Hall–Kier alpha value is -2.04. The van der Waals surface area contributed by atoms with Crippen molar-refractivity contribution in [3.8, 4) is 0 Å². The summed E-state index contributed by atoms with van der Waals surface area (Å²) in [6.07, 6.45) is 6.99. The van der Waals surface area contributed by atoms with E-state index in [2.05, 4.69) is 0 Å². The second kappa shape index (κ2) is 6.52. The summed E-state index contributed by atoms with van der Waals surface area (Å²) in [5.74, 6) is -2.06. The fourth-order valence-corrected chi connectivity index (χ4v) is 1.18. The minimum Gasteiger partial charge on any atom is -0.516 e. The molecule has 1 aliphatic carbocycles. The van der Waals surface area contributed by atoms with E-state index in [1.165, 1.54) is 25.2 Å². The van der Waals surface area contributed by atoms with Gasteiger partial charge in [-0.05, 0) is 20.3 Å². The monoisotopic (exact) mass is 240 g/mol. The van der Waals surface area contributed by atoms with Gasteiger partial charge in [0, 0.05) is 5.57 Å². The van der Waals surface area contributed by atoms with E-state index in [0.29, 0.717) is 0 Å². The molecule has 17 heavy (non-hydrogen) atoms. The van der Waals surface area contributed by atoms with Crippen LogP contribution in [0.5, 0.6) is 0 Å². The number of aliphatic carboxylic acids is 2. The largest absolute Gasteiger partial charge is 0.516 e. The Labute approximate surface area is 99.4 Å². The molecule has 0 aromatic carbocycles. The molecule has 0 spiro atoms. The molecule has 0 aliphatic heterocycles. The van der Waals surface area contributed by atoms with E-state index in [0.717, 1.165) is 6.26 Å². The van der Waals surface area contributed by atoms with Crippen LogP contribution < -0.4 is 0 Å². The maximum absolute atomic E-state index is 10.8. The van der Waals surface area contributed by atoms with Gasteiger partial charge in [0.2, 0.25) is 0 Å². The number of rotatable bonds is 2. The summed E-state index contributed by atoms with van der Waals surface area (Å²) < 4.78 is 0. The van der Waals surface area contributed by atoms with Crippen LogP contribution in [0.1, 0.15) is 20.3 Å². The number of aliphatic hydroxyl groups is 1. The first-order chi connectivity index (χ1) is 7.87. The molecule has 0 amide bonds. The van der Waals surface area contributed by atoms with E-state index in [9.17, 15) is 9.59 Å². The Balaban J connectivity index is 0.000000557.